The van der Waals surface area contributed by atoms with E-state index in [4.69, 9.17) is 22.1 Å². The molecular weight excluding hydrogens is 324 g/mol. The molecule has 80 valence electrons. The van der Waals surface area contributed by atoms with E-state index in [2.05, 4.69) is 22.6 Å². The van der Waals surface area contributed by atoms with Gasteiger partial charge in [-0.1, -0.05) is 17.7 Å². The van der Waals surface area contributed by atoms with Crippen molar-refractivity contribution in [3.8, 4) is 0 Å². The molecule has 2 nitrogen and oxygen atoms in total. The van der Waals surface area contributed by atoms with Gasteiger partial charge in [0.2, 0.25) is 0 Å². The van der Waals surface area contributed by atoms with E-state index in [1.807, 2.05) is 24.3 Å². The minimum atomic E-state index is -0.193. The van der Waals surface area contributed by atoms with Crippen molar-refractivity contribution in [3.63, 3.8) is 0 Å². The SMILES string of the molecule is NC(C1=CCCO1)c1ccc(I)c(Cl)c1. The van der Waals surface area contributed by atoms with Gasteiger partial charge in [0.15, 0.2) is 0 Å². The predicted molar refractivity (Wildman–Crippen MR) is 69.7 cm³/mol. The normalized spacial score (nSPS) is 17.1. The van der Waals surface area contributed by atoms with E-state index in [1.165, 1.54) is 0 Å². The first kappa shape index (κ1) is 11.2. The molecule has 0 fully saturated rings. The Bertz CT molecular complexity index is 406. The van der Waals surface area contributed by atoms with Crippen molar-refractivity contribution in [1.82, 2.24) is 0 Å². The third-order valence-corrected chi connectivity index (χ3v) is 3.91. The first-order valence-corrected chi connectivity index (χ1v) is 6.17. The minimum absolute atomic E-state index is 0.193. The highest BCUT2D eigenvalue weighted by Gasteiger charge is 2.17. The van der Waals surface area contributed by atoms with Crippen LogP contribution in [0, 0.1) is 3.57 Å². The van der Waals surface area contributed by atoms with Crippen LogP contribution in [0.1, 0.15) is 18.0 Å². The summed E-state index contributed by atoms with van der Waals surface area (Å²) in [5.74, 6) is 0.854. The molecule has 1 unspecified atom stereocenters. The first-order chi connectivity index (χ1) is 7.18. The summed E-state index contributed by atoms with van der Waals surface area (Å²) in [7, 11) is 0. The topological polar surface area (TPSA) is 35.2 Å². The molecule has 4 heteroatoms. The number of benzene rings is 1. The Morgan fingerprint density at radius 3 is 2.87 bits per heavy atom. The van der Waals surface area contributed by atoms with Crippen LogP contribution in [0.3, 0.4) is 0 Å². The maximum atomic E-state index is 6.06. The fourth-order valence-corrected chi connectivity index (χ4v) is 2.05. The third-order valence-electron chi connectivity index (χ3n) is 2.34. The lowest BCUT2D eigenvalue weighted by atomic mass is 10.1. The van der Waals surface area contributed by atoms with Crippen LogP contribution in [-0.4, -0.2) is 6.61 Å². The molecular formula is C11H11ClINO. The number of hydrogen-bond acceptors (Lipinski definition) is 2. The molecule has 1 heterocycles. The Labute approximate surface area is 108 Å². The number of halogens is 2. The molecule has 1 atom stereocenters. The van der Waals surface area contributed by atoms with Gasteiger partial charge in [-0.3, -0.25) is 0 Å². The first-order valence-electron chi connectivity index (χ1n) is 4.72. The second-order valence-electron chi connectivity index (χ2n) is 3.39. The zero-order valence-corrected chi connectivity index (χ0v) is 11.0. The Kier molecular flexibility index (Phi) is 3.53. The lowest BCUT2D eigenvalue weighted by Gasteiger charge is -2.14. The summed E-state index contributed by atoms with van der Waals surface area (Å²) in [6.45, 7) is 0.737. The van der Waals surface area contributed by atoms with Crippen LogP contribution < -0.4 is 5.73 Å². The summed E-state index contributed by atoms with van der Waals surface area (Å²) in [6, 6.07) is 5.66. The highest BCUT2D eigenvalue weighted by Crippen LogP contribution is 2.28. The van der Waals surface area contributed by atoms with Gasteiger partial charge in [0.05, 0.1) is 17.7 Å². The molecule has 0 spiro atoms. The summed E-state index contributed by atoms with van der Waals surface area (Å²) < 4.78 is 6.46. The van der Waals surface area contributed by atoms with Crippen molar-refractivity contribution in [2.24, 2.45) is 5.73 Å². The van der Waals surface area contributed by atoms with Crippen molar-refractivity contribution in [2.45, 2.75) is 12.5 Å². The Hall–Kier alpha value is -0.260. The van der Waals surface area contributed by atoms with Crippen molar-refractivity contribution in [1.29, 1.82) is 0 Å². The lowest BCUT2D eigenvalue weighted by Crippen LogP contribution is -2.13. The van der Waals surface area contributed by atoms with Crippen LogP contribution in [0.25, 0.3) is 0 Å². The number of nitrogens with two attached hydrogens (primary N) is 1. The quantitative estimate of drug-likeness (QED) is 0.842. The third kappa shape index (κ3) is 2.46. The van der Waals surface area contributed by atoms with Gasteiger partial charge in [-0.05, 0) is 46.4 Å². The average molecular weight is 336 g/mol. The second-order valence-corrected chi connectivity index (χ2v) is 4.96. The molecule has 1 aromatic carbocycles. The summed E-state index contributed by atoms with van der Waals surface area (Å²) >= 11 is 8.24. The summed E-state index contributed by atoms with van der Waals surface area (Å²) in [5.41, 5.74) is 7.06. The Balaban J connectivity index is 2.25. The molecule has 0 aliphatic carbocycles. The molecule has 1 aliphatic rings. The van der Waals surface area contributed by atoms with Gasteiger partial charge in [0.25, 0.3) is 0 Å². The van der Waals surface area contributed by atoms with E-state index in [1.54, 1.807) is 0 Å². The fourth-order valence-electron chi connectivity index (χ4n) is 1.52. The molecule has 2 N–H and O–H groups in total. The van der Waals surface area contributed by atoms with Crippen LogP contribution in [0.4, 0.5) is 0 Å². The van der Waals surface area contributed by atoms with Crippen LogP contribution in [-0.2, 0) is 4.74 Å². The second kappa shape index (κ2) is 4.72. The highest BCUT2D eigenvalue weighted by molar-refractivity contribution is 14.1. The molecule has 2 rings (SSSR count). The monoisotopic (exact) mass is 335 g/mol. The van der Waals surface area contributed by atoms with Gasteiger partial charge < -0.3 is 10.5 Å². The maximum absolute atomic E-state index is 6.06. The van der Waals surface area contributed by atoms with Crippen LogP contribution in [0.2, 0.25) is 5.02 Å². The number of rotatable bonds is 2. The van der Waals surface area contributed by atoms with E-state index in [-0.39, 0.29) is 6.04 Å². The molecule has 0 aromatic heterocycles. The van der Waals surface area contributed by atoms with E-state index < -0.39 is 0 Å². The van der Waals surface area contributed by atoms with Crippen molar-refractivity contribution in [2.75, 3.05) is 6.61 Å². The molecule has 0 radical (unpaired) electrons. The molecule has 0 amide bonds. The van der Waals surface area contributed by atoms with Crippen molar-refractivity contribution in [3.05, 3.63) is 44.2 Å². The molecule has 1 aromatic rings. The van der Waals surface area contributed by atoms with E-state index in [9.17, 15) is 0 Å². The molecule has 0 bridgehead atoms. The number of ether oxygens (including phenoxy) is 1. The summed E-state index contributed by atoms with van der Waals surface area (Å²) in [6.07, 6.45) is 2.98. The molecule has 0 saturated heterocycles. The van der Waals surface area contributed by atoms with Gasteiger partial charge in [-0.2, -0.15) is 0 Å². The van der Waals surface area contributed by atoms with Gasteiger partial charge in [-0.15, -0.1) is 0 Å². The molecule has 1 aliphatic heterocycles. The average Bonchev–Trinajstić information content (AvgIpc) is 2.74. The van der Waals surface area contributed by atoms with Gasteiger partial charge in [0, 0.05) is 9.99 Å². The zero-order chi connectivity index (χ0) is 10.8. The maximum Gasteiger partial charge on any atom is 0.113 e. The summed E-state index contributed by atoms with van der Waals surface area (Å²) in [4.78, 5) is 0. The van der Waals surface area contributed by atoms with Crippen molar-refractivity contribution >= 4 is 34.2 Å². The van der Waals surface area contributed by atoms with Crippen LogP contribution in [0.15, 0.2) is 30.0 Å². The van der Waals surface area contributed by atoms with Gasteiger partial charge in [0.1, 0.15) is 5.76 Å². The minimum Gasteiger partial charge on any atom is -0.496 e. The number of hydrogen-bond donors (Lipinski definition) is 1. The molecule has 15 heavy (non-hydrogen) atoms. The lowest BCUT2D eigenvalue weighted by molar-refractivity contribution is 0.225. The zero-order valence-electron chi connectivity index (χ0n) is 8.04. The van der Waals surface area contributed by atoms with Crippen LogP contribution >= 0.6 is 34.2 Å². The Morgan fingerprint density at radius 2 is 2.27 bits per heavy atom. The van der Waals surface area contributed by atoms with Crippen molar-refractivity contribution < 1.29 is 4.74 Å². The van der Waals surface area contributed by atoms with E-state index in [0.29, 0.717) is 0 Å². The largest absolute Gasteiger partial charge is 0.496 e. The van der Waals surface area contributed by atoms with Gasteiger partial charge in [-0.25, -0.2) is 0 Å². The van der Waals surface area contributed by atoms with E-state index >= 15 is 0 Å². The van der Waals surface area contributed by atoms with Gasteiger partial charge >= 0.3 is 0 Å². The van der Waals surface area contributed by atoms with E-state index in [0.717, 1.165) is 32.9 Å². The predicted octanol–water partition coefficient (Wildman–Crippen LogP) is 3.25. The molecule has 0 saturated carbocycles. The Morgan fingerprint density at radius 1 is 1.47 bits per heavy atom. The smallest absolute Gasteiger partial charge is 0.113 e. The fraction of sp³-hybridized carbons (Fsp3) is 0.273. The standard InChI is InChI=1S/C11H11ClINO/c12-8-6-7(3-4-9(8)13)11(14)10-2-1-5-15-10/h2-4,6,11H,1,5,14H2. The highest BCUT2D eigenvalue weighted by atomic mass is 127. The van der Waals surface area contributed by atoms with Crippen LogP contribution in [0.5, 0.6) is 0 Å². The summed E-state index contributed by atoms with van der Waals surface area (Å²) in [5, 5.41) is 0.738.